The zero-order valence-corrected chi connectivity index (χ0v) is 42.4. The van der Waals surface area contributed by atoms with Gasteiger partial charge >= 0.3 is 0 Å². The lowest BCUT2D eigenvalue weighted by Gasteiger charge is -2.58. The zero-order valence-electron chi connectivity index (χ0n) is 41.6. The predicted octanol–water partition coefficient (Wildman–Crippen LogP) is 8.90. The van der Waals surface area contributed by atoms with Crippen LogP contribution in [0.5, 0.6) is 11.5 Å². The molecule has 1 spiro atoms. The Morgan fingerprint density at radius 3 is 2.50 bits per heavy atom. The summed E-state index contributed by atoms with van der Waals surface area (Å²) in [5.41, 5.74) is 4.84. The third-order valence-corrected chi connectivity index (χ3v) is 17.3. The number of rotatable bonds is 15. The standard InChI is InChI=1S/C54H66N10O7S/c1-36(2)44-7-5-6-8-45(44)49-35-61(34-38-31-58-60(4)33-38)23-24-63(49)41-28-54(29-41)18-21-62(22-19-54)40-9-11-46(50(26-40)71-42-25-39-15-20-55-51(39)57-32-42)52(65)59-72(69,70)43-10-12-47(48(27-43)64(67)68)56-30-37-13-16-53(3,66)17-14-37/h5-12,15,20,25-27,31-33,36-37,41,49,56,66H,13-14,16-19,21-24,28-30,34-35H2,1-4H3,(H,55,57)(H,59,65)/t37?,49-,53?/m0/s1. The van der Waals surface area contributed by atoms with E-state index in [1.807, 2.05) is 37.0 Å². The van der Waals surface area contributed by atoms with Crippen LogP contribution in [0.25, 0.3) is 11.0 Å². The van der Waals surface area contributed by atoms with Gasteiger partial charge in [-0.2, -0.15) is 5.10 Å². The number of aryl methyl sites for hydroxylation is 1. The number of piperidine rings is 1. The number of aromatic nitrogens is 4. The molecular weight excluding hydrogens is 933 g/mol. The highest BCUT2D eigenvalue weighted by Crippen LogP contribution is 2.53. The first-order chi connectivity index (χ1) is 34.5. The van der Waals surface area contributed by atoms with Gasteiger partial charge in [0.05, 0.1) is 33.4 Å². The molecule has 4 fully saturated rings. The number of benzene rings is 3. The molecule has 0 bridgehead atoms. The van der Waals surface area contributed by atoms with Gasteiger partial charge in [0.15, 0.2) is 0 Å². The zero-order chi connectivity index (χ0) is 50.4. The van der Waals surface area contributed by atoms with Crippen LogP contribution < -0.4 is 19.7 Å². The maximum atomic E-state index is 14.1. The number of nitrogens with zero attached hydrogens (tertiary/aromatic N) is 7. The molecule has 1 atom stereocenters. The Kier molecular flexibility index (Phi) is 13.6. The normalized spacial score (nSPS) is 22.0. The molecular formula is C54H66N10O7S. The van der Waals surface area contributed by atoms with Gasteiger partial charge in [-0.3, -0.25) is 29.4 Å². The minimum atomic E-state index is -4.58. The van der Waals surface area contributed by atoms with Crippen molar-refractivity contribution in [2.45, 2.75) is 107 Å². The smallest absolute Gasteiger partial charge is 0.293 e. The van der Waals surface area contributed by atoms with E-state index >= 15 is 0 Å². The van der Waals surface area contributed by atoms with Gasteiger partial charge in [0, 0.05) is 106 Å². The van der Waals surface area contributed by atoms with Crippen LogP contribution in [0.4, 0.5) is 17.1 Å². The van der Waals surface area contributed by atoms with Crippen molar-refractivity contribution >= 4 is 44.0 Å². The van der Waals surface area contributed by atoms with Gasteiger partial charge in [0.25, 0.3) is 21.6 Å². The predicted molar refractivity (Wildman–Crippen MR) is 277 cm³/mol. The minimum Gasteiger partial charge on any atom is -0.455 e. The molecule has 3 aromatic carbocycles. The van der Waals surface area contributed by atoms with Crippen molar-refractivity contribution in [2.75, 3.05) is 49.5 Å². The number of hydrogen-bond acceptors (Lipinski definition) is 13. The maximum absolute atomic E-state index is 14.1. The van der Waals surface area contributed by atoms with Gasteiger partial charge in [0.2, 0.25) is 0 Å². The lowest BCUT2D eigenvalue weighted by atomic mass is 9.59. The van der Waals surface area contributed by atoms with Crippen LogP contribution in [-0.2, 0) is 23.6 Å². The fraction of sp³-hybridized carbons (Fsp3) is 0.463. The van der Waals surface area contributed by atoms with Crippen molar-refractivity contribution in [1.29, 1.82) is 0 Å². The van der Waals surface area contributed by atoms with Crippen molar-refractivity contribution in [3.05, 3.63) is 130 Å². The Balaban J connectivity index is 0.833. The molecule has 17 nitrogen and oxygen atoms in total. The fourth-order valence-corrected chi connectivity index (χ4v) is 12.7. The summed E-state index contributed by atoms with van der Waals surface area (Å²) >= 11 is 0. The maximum Gasteiger partial charge on any atom is 0.293 e. The van der Waals surface area contributed by atoms with Crippen LogP contribution >= 0.6 is 0 Å². The molecule has 18 heteroatoms. The quantitative estimate of drug-likeness (QED) is 0.0561. The summed E-state index contributed by atoms with van der Waals surface area (Å²) in [5.74, 6) is 0.180. The fourth-order valence-electron chi connectivity index (χ4n) is 11.7. The van der Waals surface area contributed by atoms with E-state index in [1.165, 1.54) is 28.8 Å². The molecule has 2 saturated heterocycles. The number of fused-ring (bicyclic) bond motifs is 1. The summed E-state index contributed by atoms with van der Waals surface area (Å²) in [6.45, 7) is 12.3. The van der Waals surface area contributed by atoms with Crippen LogP contribution in [0.2, 0.25) is 0 Å². The summed E-state index contributed by atoms with van der Waals surface area (Å²) < 4.78 is 38.1. The van der Waals surface area contributed by atoms with Crippen molar-refractivity contribution in [3.8, 4) is 11.5 Å². The van der Waals surface area contributed by atoms with Crippen molar-refractivity contribution in [2.24, 2.45) is 18.4 Å². The van der Waals surface area contributed by atoms with Gasteiger partial charge in [-0.1, -0.05) is 38.1 Å². The average molecular weight is 999 g/mol. The first-order valence-electron chi connectivity index (χ1n) is 25.4. The van der Waals surface area contributed by atoms with Gasteiger partial charge in [-0.25, -0.2) is 18.1 Å². The number of H-pyrrole nitrogens is 1. The van der Waals surface area contributed by atoms with Gasteiger partial charge < -0.3 is 25.0 Å². The molecule has 0 radical (unpaired) electrons. The van der Waals surface area contributed by atoms with Crippen LogP contribution in [0.15, 0.2) is 102 Å². The summed E-state index contributed by atoms with van der Waals surface area (Å²) in [7, 11) is -2.61. The second kappa shape index (κ2) is 19.9. The van der Waals surface area contributed by atoms with Crippen molar-refractivity contribution in [1.82, 2.24) is 34.3 Å². The third-order valence-electron chi connectivity index (χ3n) is 15.9. The molecule has 2 aliphatic heterocycles. The number of anilines is 2. The summed E-state index contributed by atoms with van der Waals surface area (Å²) in [6.07, 6.45) is 14.5. The monoisotopic (exact) mass is 998 g/mol. The molecule has 6 aromatic rings. The Hall–Kier alpha value is -6.34. The van der Waals surface area contributed by atoms with E-state index < -0.39 is 37.0 Å². The number of carbonyl (C=O) groups is 1. The molecule has 0 unspecified atom stereocenters. The van der Waals surface area contributed by atoms with E-state index in [4.69, 9.17) is 4.74 Å². The highest BCUT2D eigenvalue weighted by Gasteiger charge is 2.50. The molecule has 2 aliphatic carbocycles. The summed E-state index contributed by atoms with van der Waals surface area (Å²) in [6, 6.07) is 22.2. The molecule has 10 rings (SSSR count). The van der Waals surface area contributed by atoms with E-state index in [-0.39, 0.29) is 28.3 Å². The van der Waals surface area contributed by atoms with E-state index in [2.05, 4.69) is 84.1 Å². The molecule has 380 valence electrons. The lowest BCUT2D eigenvalue weighted by Crippen LogP contribution is -2.60. The lowest BCUT2D eigenvalue weighted by molar-refractivity contribution is -0.384. The number of aliphatic hydroxyl groups is 1. The number of aromatic amines is 1. The molecule has 2 saturated carbocycles. The minimum absolute atomic E-state index is 0.0276. The largest absolute Gasteiger partial charge is 0.455 e. The van der Waals surface area contributed by atoms with Gasteiger partial charge in [0.1, 0.15) is 22.8 Å². The SMILES string of the molecule is CC(C)c1ccccc1[C@@H]1CN(Cc2cnn(C)c2)CCN1C1CC2(CCN(c3ccc(C(=O)NS(=O)(=O)c4ccc(NCC5CCC(C)(O)CC5)c([N+](=O)[O-])c4)c(Oc4cnc5[nH]ccc5c4)c3)CC2)C1. The number of pyridine rings is 1. The molecule has 1 amide bonds. The number of nitro groups is 1. The number of piperazine rings is 1. The number of hydrogen-bond donors (Lipinski definition) is 4. The van der Waals surface area contributed by atoms with E-state index in [0.29, 0.717) is 48.8 Å². The number of amides is 1. The Labute approximate surface area is 421 Å². The number of nitro benzene ring substituents is 1. The van der Waals surface area contributed by atoms with Crippen LogP contribution in [0, 0.1) is 21.4 Å². The number of nitrogens with one attached hydrogen (secondary N) is 3. The van der Waals surface area contributed by atoms with Gasteiger partial charge in [-0.05, 0) is 123 Å². The number of carbonyl (C=O) groups excluding carboxylic acids is 1. The molecule has 5 heterocycles. The van der Waals surface area contributed by atoms with E-state index in [1.54, 1.807) is 30.6 Å². The van der Waals surface area contributed by atoms with Crippen molar-refractivity contribution < 1.29 is 28.0 Å². The second-order valence-electron chi connectivity index (χ2n) is 21.4. The summed E-state index contributed by atoms with van der Waals surface area (Å²) in [5, 5.41) is 30.9. The van der Waals surface area contributed by atoms with E-state index in [9.17, 15) is 28.4 Å². The van der Waals surface area contributed by atoms with Crippen LogP contribution in [-0.4, -0.2) is 105 Å². The van der Waals surface area contributed by atoms with Crippen molar-refractivity contribution in [3.63, 3.8) is 0 Å². The molecule has 4 aliphatic rings. The molecule has 4 N–H and O–H groups in total. The Morgan fingerprint density at radius 1 is 0.986 bits per heavy atom. The number of sulfonamides is 1. The van der Waals surface area contributed by atoms with Gasteiger partial charge in [-0.15, -0.1) is 0 Å². The van der Waals surface area contributed by atoms with E-state index in [0.717, 1.165) is 94.9 Å². The third kappa shape index (κ3) is 10.6. The highest BCUT2D eigenvalue weighted by atomic mass is 32.2. The number of ether oxygens (including phenoxy) is 1. The molecule has 72 heavy (non-hydrogen) atoms. The Bertz CT molecular complexity index is 3050. The second-order valence-corrected chi connectivity index (χ2v) is 23.1. The average Bonchev–Trinajstić information content (AvgIpc) is 4.00. The first kappa shape index (κ1) is 49.2. The highest BCUT2D eigenvalue weighted by molar-refractivity contribution is 7.90. The van der Waals surface area contributed by atoms with Crippen LogP contribution in [0.3, 0.4) is 0 Å². The van der Waals surface area contributed by atoms with Crippen LogP contribution in [0.1, 0.15) is 111 Å². The first-order valence-corrected chi connectivity index (χ1v) is 26.8. The summed E-state index contributed by atoms with van der Waals surface area (Å²) in [4.78, 5) is 40.5. The molecule has 3 aromatic heterocycles. The Morgan fingerprint density at radius 2 is 1.76 bits per heavy atom. The topological polar surface area (TPSA) is 204 Å².